The lowest BCUT2D eigenvalue weighted by atomic mass is 9.42. The summed E-state index contributed by atoms with van der Waals surface area (Å²) in [6.45, 7) is 10.3. The Morgan fingerprint density at radius 1 is 1.00 bits per heavy atom. The Bertz CT molecular complexity index is 556. The third-order valence-corrected chi connectivity index (χ3v) is 9.98. The fraction of sp³-hybridized carbons (Fsp3) is 0.958. The molecule has 0 saturated heterocycles. The van der Waals surface area contributed by atoms with E-state index in [1.807, 2.05) is 14.0 Å². The van der Waals surface area contributed by atoms with Crippen LogP contribution in [0.4, 0.5) is 0 Å². The van der Waals surface area contributed by atoms with Crippen molar-refractivity contribution in [2.45, 2.75) is 79.1 Å². The molecule has 0 amide bonds. The molecule has 4 saturated carbocycles. The average molecular weight is 361 g/mol. The number of hydrogen-bond donors (Lipinski definition) is 0. The first-order valence-electron chi connectivity index (χ1n) is 11.3. The molecular formula is C24H40O2. The third-order valence-electron chi connectivity index (χ3n) is 9.98. The minimum atomic E-state index is 0.254. The molecule has 2 heteroatoms. The number of Topliss-reactive ketones (excluding diaryl/α,β-unsaturated/α-hetero) is 1. The Morgan fingerprint density at radius 2 is 1.69 bits per heavy atom. The molecule has 0 aliphatic heterocycles. The van der Waals surface area contributed by atoms with Crippen molar-refractivity contribution in [3.05, 3.63) is 0 Å². The number of ketones is 1. The maximum absolute atomic E-state index is 12.4. The first-order chi connectivity index (χ1) is 12.3. The van der Waals surface area contributed by atoms with Gasteiger partial charge in [0.2, 0.25) is 0 Å². The highest BCUT2D eigenvalue weighted by atomic mass is 16.5. The second kappa shape index (κ2) is 6.61. The highest BCUT2D eigenvalue weighted by Gasteiger charge is 2.62. The van der Waals surface area contributed by atoms with Gasteiger partial charge in [0.15, 0.2) is 0 Å². The minimum Gasteiger partial charge on any atom is -0.384 e. The van der Waals surface area contributed by atoms with Crippen LogP contribution in [0.25, 0.3) is 0 Å². The lowest BCUT2D eigenvalue weighted by molar-refractivity contribution is -0.156. The van der Waals surface area contributed by atoms with Crippen LogP contribution in [0, 0.1) is 52.3 Å². The van der Waals surface area contributed by atoms with Crippen molar-refractivity contribution in [3.63, 3.8) is 0 Å². The summed E-state index contributed by atoms with van der Waals surface area (Å²) in [5.74, 6) is 5.65. The lowest BCUT2D eigenvalue weighted by Crippen LogP contribution is -2.57. The summed E-state index contributed by atoms with van der Waals surface area (Å²) in [5.41, 5.74) is 0.793. The van der Waals surface area contributed by atoms with E-state index in [1.54, 1.807) is 0 Å². The van der Waals surface area contributed by atoms with Crippen LogP contribution in [0.15, 0.2) is 0 Å². The van der Waals surface area contributed by atoms with Crippen molar-refractivity contribution in [3.8, 4) is 0 Å². The normalized spacial score (nSPS) is 53.5. The maximum Gasteiger partial charge on any atom is 0.133 e. The second-order valence-electron chi connectivity index (χ2n) is 11.1. The summed E-state index contributed by atoms with van der Waals surface area (Å²) < 4.78 is 5.76. The lowest BCUT2D eigenvalue weighted by Gasteiger charge is -2.63. The van der Waals surface area contributed by atoms with Crippen LogP contribution < -0.4 is 0 Å². The van der Waals surface area contributed by atoms with Gasteiger partial charge in [-0.05, 0) is 98.2 Å². The Labute approximate surface area is 160 Å². The Kier molecular flexibility index (Phi) is 4.82. The SMILES string of the molecule is COCC1CC2CC(C)CCC2(C)C2CCC3(C)C(C(C)=O)CCC3C12. The molecular weight excluding hydrogens is 320 g/mol. The second-order valence-corrected chi connectivity index (χ2v) is 11.1. The summed E-state index contributed by atoms with van der Waals surface area (Å²) >= 11 is 0. The molecule has 2 nitrogen and oxygen atoms in total. The monoisotopic (exact) mass is 360 g/mol. The van der Waals surface area contributed by atoms with E-state index in [-0.39, 0.29) is 5.41 Å². The smallest absolute Gasteiger partial charge is 0.133 e. The van der Waals surface area contributed by atoms with E-state index >= 15 is 0 Å². The van der Waals surface area contributed by atoms with Gasteiger partial charge in [0.1, 0.15) is 5.78 Å². The van der Waals surface area contributed by atoms with Crippen molar-refractivity contribution in [2.75, 3.05) is 13.7 Å². The first-order valence-corrected chi connectivity index (χ1v) is 11.3. The minimum absolute atomic E-state index is 0.254. The number of fused-ring (bicyclic) bond motifs is 5. The van der Waals surface area contributed by atoms with Gasteiger partial charge in [-0.25, -0.2) is 0 Å². The van der Waals surface area contributed by atoms with Crippen LogP contribution in [0.5, 0.6) is 0 Å². The molecule has 9 unspecified atom stereocenters. The van der Waals surface area contributed by atoms with Gasteiger partial charge in [-0.1, -0.05) is 27.2 Å². The van der Waals surface area contributed by atoms with Gasteiger partial charge in [-0.3, -0.25) is 4.79 Å². The zero-order chi connectivity index (χ0) is 18.7. The van der Waals surface area contributed by atoms with Crippen molar-refractivity contribution >= 4 is 5.78 Å². The van der Waals surface area contributed by atoms with Gasteiger partial charge in [-0.2, -0.15) is 0 Å². The molecule has 26 heavy (non-hydrogen) atoms. The highest BCUT2D eigenvalue weighted by molar-refractivity contribution is 5.79. The summed E-state index contributed by atoms with van der Waals surface area (Å²) in [7, 11) is 1.89. The van der Waals surface area contributed by atoms with Crippen molar-refractivity contribution in [1.29, 1.82) is 0 Å². The number of hydrogen-bond acceptors (Lipinski definition) is 2. The van der Waals surface area contributed by atoms with Crippen molar-refractivity contribution in [2.24, 2.45) is 52.3 Å². The fourth-order valence-corrected chi connectivity index (χ4v) is 8.69. The summed E-state index contributed by atoms with van der Waals surface area (Å²) in [5, 5.41) is 0. The predicted octanol–water partition coefficient (Wildman–Crippen LogP) is 5.74. The first kappa shape index (κ1) is 19.0. The van der Waals surface area contributed by atoms with E-state index in [1.165, 1.54) is 44.9 Å². The van der Waals surface area contributed by atoms with Crippen LogP contribution in [-0.2, 0) is 9.53 Å². The zero-order valence-electron chi connectivity index (χ0n) is 17.7. The Balaban J connectivity index is 1.69. The standard InChI is InChI=1S/C24H40O2/c1-15-8-10-23(3)18(12-15)13-17(14-26-5)22-20-7-6-19(16(2)25)24(20,4)11-9-21(22)23/h15,17-22H,6-14H2,1-5H3. The number of rotatable bonds is 3. The van der Waals surface area contributed by atoms with Crippen LogP contribution in [0.2, 0.25) is 0 Å². The summed E-state index contributed by atoms with van der Waals surface area (Å²) in [6, 6.07) is 0. The molecule has 0 aromatic rings. The summed E-state index contributed by atoms with van der Waals surface area (Å²) in [6.07, 6.45) is 10.7. The van der Waals surface area contributed by atoms with Gasteiger partial charge in [0, 0.05) is 19.6 Å². The largest absolute Gasteiger partial charge is 0.384 e. The van der Waals surface area contributed by atoms with Gasteiger partial charge >= 0.3 is 0 Å². The van der Waals surface area contributed by atoms with E-state index in [0.717, 1.165) is 42.6 Å². The number of ether oxygens (including phenoxy) is 1. The number of methoxy groups -OCH3 is 1. The molecule has 0 heterocycles. The van der Waals surface area contributed by atoms with E-state index in [9.17, 15) is 4.79 Å². The fourth-order valence-electron chi connectivity index (χ4n) is 8.69. The number of carbonyl (C=O) groups excluding carboxylic acids is 1. The van der Waals surface area contributed by atoms with Crippen LogP contribution in [0.3, 0.4) is 0 Å². The maximum atomic E-state index is 12.4. The topological polar surface area (TPSA) is 26.3 Å². The van der Waals surface area contributed by atoms with Gasteiger partial charge < -0.3 is 4.74 Å². The van der Waals surface area contributed by atoms with E-state index in [0.29, 0.717) is 23.0 Å². The molecule has 4 aliphatic rings. The van der Waals surface area contributed by atoms with Crippen LogP contribution in [-0.4, -0.2) is 19.5 Å². The molecule has 148 valence electrons. The van der Waals surface area contributed by atoms with Crippen LogP contribution >= 0.6 is 0 Å². The Hall–Kier alpha value is -0.370. The highest BCUT2D eigenvalue weighted by Crippen LogP contribution is 2.69. The molecule has 9 atom stereocenters. The molecule has 4 aliphatic carbocycles. The van der Waals surface area contributed by atoms with Gasteiger partial charge in [0.25, 0.3) is 0 Å². The van der Waals surface area contributed by atoms with Crippen molar-refractivity contribution in [1.82, 2.24) is 0 Å². The van der Waals surface area contributed by atoms with E-state index < -0.39 is 0 Å². The molecule has 0 N–H and O–H groups in total. The quantitative estimate of drug-likeness (QED) is 0.641. The molecule has 0 aromatic heterocycles. The van der Waals surface area contributed by atoms with E-state index in [2.05, 4.69) is 20.8 Å². The molecule has 0 spiro atoms. The van der Waals surface area contributed by atoms with Gasteiger partial charge in [-0.15, -0.1) is 0 Å². The molecule has 0 aromatic carbocycles. The summed E-state index contributed by atoms with van der Waals surface area (Å²) in [4.78, 5) is 12.4. The molecule has 0 bridgehead atoms. The zero-order valence-corrected chi connectivity index (χ0v) is 17.7. The average Bonchev–Trinajstić information content (AvgIpc) is 2.94. The third kappa shape index (κ3) is 2.65. The molecule has 4 rings (SSSR count). The molecule has 4 fully saturated rings. The Morgan fingerprint density at radius 3 is 2.38 bits per heavy atom. The number of carbonyl (C=O) groups is 1. The van der Waals surface area contributed by atoms with Crippen LogP contribution in [0.1, 0.15) is 79.1 Å². The van der Waals surface area contributed by atoms with Gasteiger partial charge in [0.05, 0.1) is 0 Å². The van der Waals surface area contributed by atoms with Crippen molar-refractivity contribution < 1.29 is 9.53 Å². The van der Waals surface area contributed by atoms with E-state index in [4.69, 9.17) is 4.74 Å². The molecule has 0 radical (unpaired) electrons. The predicted molar refractivity (Wildman–Crippen MR) is 106 cm³/mol.